The third kappa shape index (κ3) is 3.63. The van der Waals surface area contributed by atoms with Crippen LogP contribution in [0.2, 0.25) is 0 Å². The van der Waals surface area contributed by atoms with Gasteiger partial charge in [0.1, 0.15) is 0 Å². The van der Waals surface area contributed by atoms with Crippen molar-refractivity contribution in [1.82, 2.24) is 15.0 Å². The van der Waals surface area contributed by atoms with Crippen LogP contribution in [0.1, 0.15) is 16.3 Å². The largest absolute Gasteiger partial charge is 0.338 e. The van der Waals surface area contributed by atoms with Crippen molar-refractivity contribution in [2.45, 2.75) is 20.0 Å². The summed E-state index contributed by atoms with van der Waals surface area (Å²) < 4.78 is 6.53. The molecule has 0 aliphatic rings. The van der Waals surface area contributed by atoms with Crippen LogP contribution in [-0.4, -0.2) is 22.1 Å². The first-order valence-electron chi connectivity index (χ1n) is 6.93. The van der Waals surface area contributed by atoms with Gasteiger partial charge in [0.25, 0.3) is 0 Å². The van der Waals surface area contributed by atoms with Gasteiger partial charge in [-0.05, 0) is 47.6 Å². The lowest BCUT2D eigenvalue weighted by molar-refractivity contribution is 0.262. The molecule has 0 radical (unpaired) electrons. The molecule has 2 aromatic heterocycles. The normalized spacial score (nSPS) is 11.3. The maximum absolute atomic E-state index is 5.38. The van der Waals surface area contributed by atoms with Crippen molar-refractivity contribution in [3.63, 3.8) is 0 Å². The Bertz CT molecular complexity index is 768. The number of nitrogens with zero attached hydrogens (tertiary/aromatic N) is 3. The van der Waals surface area contributed by atoms with Gasteiger partial charge in [0.05, 0.1) is 10.3 Å². The van der Waals surface area contributed by atoms with Gasteiger partial charge in [-0.1, -0.05) is 29.4 Å². The van der Waals surface area contributed by atoms with Crippen LogP contribution < -0.4 is 0 Å². The first kappa shape index (κ1) is 15.4. The average Bonchev–Trinajstić information content (AvgIpc) is 3.09. The summed E-state index contributed by atoms with van der Waals surface area (Å²) in [4.78, 5) is 7.96. The summed E-state index contributed by atoms with van der Waals surface area (Å²) in [6.45, 7) is 3.54. The zero-order chi connectivity index (χ0) is 15.5. The number of thiophene rings is 1. The molecule has 4 nitrogen and oxygen atoms in total. The molecule has 0 saturated heterocycles. The Morgan fingerprint density at radius 1 is 1.18 bits per heavy atom. The molecule has 0 spiro atoms. The van der Waals surface area contributed by atoms with E-state index in [1.807, 2.05) is 38.2 Å². The van der Waals surface area contributed by atoms with E-state index in [1.165, 1.54) is 4.88 Å². The van der Waals surface area contributed by atoms with Gasteiger partial charge in [-0.15, -0.1) is 11.3 Å². The average molecular weight is 378 g/mol. The summed E-state index contributed by atoms with van der Waals surface area (Å²) in [5, 5.41) is 4.09. The van der Waals surface area contributed by atoms with Crippen LogP contribution in [0.25, 0.3) is 11.4 Å². The van der Waals surface area contributed by atoms with Crippen molar-refractivity contribution >= 4 is 27.3 Å². The van der Waals surface area contributed by atoms with Gasteiger partial charge in [0, 0.05) is 17.0 Å². The lowest BCUT2D eigenvalue weighted by Gasteiger charge is -2.12. The monoisotopic (exact) mass is 377 g/mol. The van der Waals surface area contributed by atoms with Crippen molar-refractivity contribution in [2.75, 3.05) is 7.05 Å². The van der Waals surface area contributed by atoms with Gasteiger partial charge in [-0.3, -0.25) is 4.90 Å². The lowest BCUT2D eigenvalue weighted by Crippen LogP contribution is -2.16. The fourth-order valence-corrected chi connectivity index (χ4v) is 3.81. The SMILES string of the molecule is Cc1ccccc1-c1noc(CN(C)Cc2ccc(Br)s2)n1. The smallest absolute Gasteiger partial charge is 0.241 e. The Hall–Kier alpha value is -1.50. The molecule has 0 aliphatic carbocycles. The van der Waals surface area contributed by atoms with Gasteiger partial charge in [0.15, 0.2) is 0 Å². The number of aryl methyl sites for hydroxylation is 1. The van der Waals surface area contributed by atoms with Crippen LogP contribution >= 0.6 is 27.3 Å². The first-order valence-corrected chi connectivity index (χ1v) is 8.54. The molecule has 0 amide bonds. The zero-order valence-corrected chi connectivity index (χ0v) is 14.8. The summed E-state index contributed by atoms with van der Waals surface area (Å²) in [7, 11) is 2.05. The number of benzene rings is 1. The fourth-order valence-electron chi connectivity index (χ4n) is 2.24. The minimum absolute atomic E-state index is 0.633. The van der Waals surface area contributed by atoms with Gasteiger partial charge in [-0.2, -0.15) is 4.98 Å². The van der Waals surface area contributed by atoms with E-state index in [0.29, 0.717) is 18.3 Å². The highest BCUT2D eigenvalue weighted by molar-refractivity contribution is 9.11. The molecule has 2 heterocycles. The topological polar surface area (TPSA) is 42.2 Å². The fraction of sp³-hybridized carbons (Fsp3) is 0.250. The molecule has 0 saturated carbocycles. The Labute approximate surface area is 141 Å². The Morgan fingerprint density at radius 3 is 2.73 bits per heavy atom. The summed E-state index contributed by atoms with van der Waals surface area (Å²) in [5.74, 6) is 1.29. The molecule has 0 N–H and O–H groups in total. The van der Waals surface area contributed by atoms with E-state index in [-0.39, 0.29) is 0 Å². The van der Waals surface area contributed by atoms with Gasteiger partial charge < -0.3 is 4.52 Å². The summed E-state index contributed by atoms with van der Waals surface area (Å²) >= 11 is 5.22. The third-order valence-electron chi connectivity index (χ3n) is 3.31. The van der Waals surface area contributed by atoms with Crippen LogP contribution in [-0.2, 0) is 13.1 Å². The number of aromatic nitrogens is 2. The quantitative estimate of drug-likeness (QED) is 0.656. The summed E-state index contributed by atoms with van der Waals surface area (Å²) in [6, 6.07) is 12.2. The molecule has 3 rings (SSSR count). The van der Waals surface area contributed by atoms with Crippen LogP contribution in [0.4, 0.5) is 0 Å². The van der Waals surface area contributed by atoms with E-state index in [0.717, 1.165) is 21.5 Å². The van der Waals surface area contributed by atoms with E-state index in [1.54, 1.807) is 11.3 Å². The molecule has 3 aromatic rings. The van der Waals surface area contributed by atoms with Crippen LogP contribution in [0, 0.1) is 6.92 Å². The minimum Gasteiger partial charge on any atom is -0.338 e. The van der Waals surface area contributed by atoms with Gasteiger partial charge in [-0.25, -0.2) is 0 Å². The molecule has 6 heteroatoms. The van der Waals surface area contributed by atoms with E-state index in [4.69, 9.17) is 4.52 Å². The number of halogens is 1. The van der Waals surface area contributed by atoms with Crippen LogP contribution in [0.15, 0.2) is 44.7 Å². The molecule has 0 unspecified atom stereocenters. The molecule has 0 bridgehead atoms. The standard InChI is InChI=1S/C16H16BrN3OS/c1-11-5-3-4-6-13(11)16-18-15(21-19-16)10-20(2)9-12-7-8-14(17)22-12/h3-8H,9-10H2,1-2H3. The first-order chi connectivity index (χ1) is 10.6. The summed E-state index contributed by atoms with van der Waals surface area (Å²) in [5.41, 5.74) is 2.16. The van der Waals surface area contributed by atoms with Crippen molar-refractivity contribution in [3.05, 3.63) is 56.5 Å². The maximum atomic E-state index is 5.38. The predicted molar refractivity (Wildman–Crippen MR) is 91.7 cm³/mol. The number of hydrogen-bond acceptors (Lipinski definition) is 5. The minimum atomic E-state index is 0.633. The Kier molecular flexibility index (Phi) is 4.71. The molecular formula is C16H16BrN3OS. The van der Waals surface area contributed by atoms with E-state index >= 15 is 0 Å². The molecule has 22 heavy (non-hydrogen) atoms. The van der Waals surface area contributed by atoms with Crippen molar-refractivity contribution in [3.8, 4) is 11.4 Å². The van der Waals surface area contributed by atoms with Crippen molar-refractivity contribution < 1.29 is 4.52 Å². The van der Waals surface area contributed by atoms with Crippen LogP contribution in [0.3, 0.4) is 0 Å². The highest BCUT2D eigenvalue weighted by atomic mass is 79.9. The van der Waals surface area contributed by atoms with Crippen LogP contribution in [0.5, 0.6) is 0 Å². The highest BCUT2D eigenvalue weighted by Gasteiger charge is 2.12. The van der Waals surface area contributed by atoms with Crippen molar-refractivity contribution in [2.24, 2.45) is 0 Å². The number of rotatable bonds is 5. The maximum Gasteiger partial charge on any atom is 0.241 e. The second-order valence-corrected chi connectivity index (χ2v) is 7.75. The van der Waals surface area contributed by atoms with Gasteiger partial charge >= 0.3 is 0 Å². The molecule has 0 aliphatic heterocycles. The Morgan fingerprint density at radius 2 is 2.00 bits per heavy atom. The summed E-state index contributed by atoms with van der Waals surface area (Å²) in [6.07, 6.45) is 0. The lowest BCUT2D eigenvalue weighted by atomic mass is 10.1. The Balaban J connectivity index is 1.68. The second kappa shape index (κ2) is 6.73. The predicted octanol–water partition coefficient (Wildman–Crippen LogP) is 4.50. The highest BCUT2D eigenvalue weighted by Crippen LogP contribution is 2.24. The number of hydrogen-bond donors (Lipinski definition) is 0. The van der Waals surface area contributed by atoms with E-state index < -0.39 is 0 Å². The molecule has 0 atom stereocenters. The van der Waals surface area contributed by atoms with Crippen molar-refractivity contribution in [1.29, 1.82) is 0 Å². The molecule has 114 valence electrons. The molecule has 0 fully saturated rings. The third-order valence-corrected chi connectivity index (χ3v) is 4.92. The van der Waals surface area contributed by atoms with E-state index in [9.17, 15) is 0 Å². The van der Waals surface area contributed by atoms with E-state index in [2.05, 4.69) is 43.1 Å². The molecular weight excluding hydrogens is 362 g/mol. The second-order valence-electron chi connectivity index (χ2n) is 5.20. The van der Waals surface area contributed by atoms with Gasteiger partial charge in [0.2, 0.25) is 11.7 Å². The molecule has 1 aromatic carbocycles. The zero-order valence-electron chi connectivity index (χ0n) is 12.4.